The van der Waals surface area contributed by atoms with Gasteiger partial charge in [0.1, 0.15) is 0 Å². The smallest absolute Gasteiger partial charge is 0.330 e. The Morgan fingerprint density at radius 2 is 1.38 bits per heavy atom. The topological polar surface area (TPSA) is 26.0 Å². The highest BCUT2D eigenvalue weighted by Gasteiger charge is 2.77. The molecule has 16 heavy (non-hydrogen) atoms. The lowest BCUT2D eigenvalue weighted by Crippen LogP contribution is -2.47. The summed E-state index contributed by atoms with van der Waals surface area (Å²) in [6.07, 6.45) is -10.8. The maximum absolute atomic E-state index is 12.5. The average Bonchev–Trinajstić information content (AvgIpc) is 2.47. The molecule has 7 heteroatoms. The van der Waals surface area contributed by atoms with E-state index in [4.69, 9.17) is 5.73 Å². The van der Waals surface area contributed by atoms with Gasteiger partial charge < -0.3 is 5.73 Å². The molecule has 0 spiro atoms. The van der Waals surface area contributed by atoms with E-state index in [0.717, 1.165) is 0 Å². The molecular formula is C9H13F6N. The summed E-state index contributed by atoms with van der Waals surface area (Å²) in [5.41, 5.74) is 2.22. The lowest BCUT2D eigenvalue weighted by atomic mass is 9.81. The van der Waals surface area contributed by atoms with Gasteiger partial charge in [-0.3, -0.25) is 0 Å². The minimum Gasteiger partial charge on any atom is -0.330 e. The van der Waals surface area contributed by atoms with Gasteiger partial charge in [-0.1, -0.05) is 13.8 Å². The quantitative estimate of drug-likeness (QED) is 0.748. The SMILES string of the molecule is CC1(C)CC1(CN)C(C(F)(F)F)C(F)(F)F. The van der Waals surface area contributed by atoms with Gasteiger partial charge >= 0.3 is 12.4 Å². The predicted molar refractivity (Wildman–Crippen MR) is 45.5 cm³/mol. The molecule has 0 aromatic carbocycles. The largest absolute Gasteiger partial charge is 0.401 e. The zero-order valence-corrected chi connectivity index (χ0v) is 8.84. The van der Waals surface area contributed by atoms with Crippen LogP contribution in [0.1, 0.15) is 20.3 Å². The van der Waals surface area contributed by atoms with Crippen molar-refractivity contribution in [2.24, 2.45) is 22.5 Å². The van der Waals surface area contributed by atoms with Crippen molar-refractivity contribution in [3.8, 4) is 0 Å². The second-order valence-corrected chi connectivity index (χ2v) is 4.94. The minimum absolute atomic E-state index is 0.153. The second-order valence-electron chi connectivity index (χ2n) is 4.94. The van der Waals surface area contributed by atoms with Crippen LogP contribution in [0.15, 0.2) is 0 Å². The summed E-state index contributed by atoms with van der Waals surface area (Å²) < 4.78 is 75.0. The molecule has 0 aromatic heterocycles. The summed E-state index contributed by atoms with van der Waals surface area (Å²) in [7, 11) is 0. The van der Waals surface area contributed by atoms with Gasteiger partial charge in [-0.2, -0.15) is 26.3 Å². The second kappa shape index (κ2) is 3.27. The van der Waals surface area contributed by atoms with Crippen molar-refractivity contribution in [1.29, 1.82) is 0 Å². The number of rotatable bonds is 2. The fraction of sp³-hybridized carbons (Fsp3) is 1.00. The molecule has 1 atom stereocenters. The molecule has 1 nitrogen and oxygen atoms in total. The van der Waals surface area contributed by atoms with Crippen molar-refractivity contribution in [2.45, 2.75) is 32.6 Å². The number of nitrogens with two attached hydrogens (primary N) is 1. The van der Waals surface area contributed by atoms with E-state index in [0.29, 0.717) is 0 Å². The van der Waals surface area contributed by atoms with Gasteiger partial charge in [-0.05, 0) is 18.4 Å². The van der Waals surface area contributed by atoms with Gasteiger partial charge in [0.15, 0.2) is 5.92 Å². The van der Waals surface area contributed by atoms with Gasteiger partial charge in [0, 0.05) is 5.41 Å². The van der Waals surface area contributed by atoms with E-state index in [9.17, 15) is 26.3 Å². The van der Waals surface area contributed by atoms with Crippen LogP contribution in [0, 0.1) is 16.7 Å². The Bertz CT molecular complexity index is 265. The first-order chi connectivity index (χ1) is 6.88. The van der Waals surface area contributed by atoms with Crippen LogP contribution < -0.4 is 5.73 Å². The fourth-order valence-corrected chi connectivity index (χ4v) is 2.52. The van der Waals surface area contributed by atoms with Crippen molar-refractivity contribution < 1.29 is 26.3 Å². The van der Waals surface area contributed by atoms with Crippen LogP contribution in [0.3, 0.4) is 0 Å². The molecular weight excluding hydrogens is 236 g/mol. The molecule has 0 saturated heterocycles. The normalized spacial score (nSPS) is 29.6. The van der Waals surface area contributed by atoms with Gasteiger partial charge in [0.05, 0.1) is 0 Å². The Balaban J connectivity index is 3.15. The van der Waals surface area contributed by atoms with E-state index in [1.165, 1.54) is 13.8 Å². The fourth-order valence-electron chi connectivity index (χ4n) is 2.52. The average molecular weight is 249 g/mol. The molecule has 0 radical (unpaired) electrons. The highest BCUT2D eigenvalue weighted by molar-refractivity contribution is 5.16. The Kier molecular flexibility index (Phi) is 2.78. The van der Waals surface area contributed by atoms with Crippen molar-refractivity contribution >= 4 is 0 Å². The minimum atomic E-state index is -5.30. The lowest BCUT2D eigenvalue weighted by molar-refractivity contribution is -0.305. The van der Waals surface area contributed by atoms with E-state index in [1.807, 2.05) is 0 Å². The maximum atomic E-state index is 12.5. The van der Waals surface area contributed by atoms with Crippen LogP contribution in [-0.2, 0) is 0 Å². The number of alkyl halides is 6. The highest BCUT2D eigenvalue weighted by Crippen LogP contribution is 2.72. The molecule has 0 aromatic rings. The summed E-state index contributed by atoms with van der Waals surface area (Å²) in [5, 5.41) is 0. The summed E-state index contributed by atoms with van der Waals surface area (Å²) in [6.45, 7) is 2.15. The first kappa shape index (κ1) is 13.6. The lowest BCUT2D eigenvalue weighted by Gasteiger charge is -2.32. The summed E-state index contributed by atoms with van der Waals surface area (Å²) in [4.78, 5) is 0. The molecule has 1 saturated carbocycles. The molecule has 1 aliphatic carbocycles. The van der Waals surface area contributed by atoms with Crippen LogP contribution in [0.2, 0.25) is 0 Å². The zero-order valence-electron chi connectivity index (χ0n) is 8.84. The van der Waals surface area contributed by atoms with Crippen LogP contribution in [-0.4, -0.2) is 18.9 Å². The molecule has 0 bridgehead atoms. The molecule has 96 valence electrons. The molecule has 0 aliphatic heterocycles. The third-order valence-electron chi connectivity index (χ3n) is 3.55. The summed E-state index contributed by atoms with van der Waals surface area (Å²) in [5.74, 6) is -3.33. The standard InChI is InChI=1S/C9H13F6N/c1-6(2)3-7(6,4-16)5(8(10,11)12)9(13,14)15/h5H,3-4,16H2,1-2H3. The monoisotopic (exact) mass is 249 g/mol. The predicted octanol–water partition coefficient (Wildman–Crippen LogP) is 3.10. The Morgan fingerprint density at radius 3 is 1.44 bits per heavy atom. The summed E-state index contributed by atoms with van der Waals surface area (Å²) >= 11 is 0. The molecule has 1 rings (SSSR count). The van der Waals surface area contributed by atoms with E-state index in [-0.39, 0.29) is 6.42 Å². The number of hydrogen-bond acceptors (Lipinski definition) is 1. The molecule has 0 amide bonds. The van der Waals surface area contributed by atoms with E-state index >= 15 is 0 Å². The number of halogens is 6. The van der Waals surface area contributed by atoms with Crippen molar-refractivity contribution in [1.82, 2.24) is 0 Å². The van der Waals surface area contributed by atoms with Gasteiger partial charge in [-0.25, -0.2) is 0 Å². The molecule has 2 N–H and O–H groups in total. The van der Waals surface area contributed by atoms with Gasteiger partial charge in [0.25, 0.3) is 0 Å². The van der Waals surface area contributed by atoms with Crippen molar-refractivity contribution in [3.63, 3.8) is 0 Å². The molecule has 1 aliphatic rings. The zero-order chi connectivity index (χ0) is 13.0. The Hall–Kier alpha value is -0.460. The van der Waals surface area contributed by atoms with Crippen LogP contribution >= 0.6 is 0 Å². The van der Waals surface area contributed by atoms with Crippen LogP contribution in [0.25, 0.3) is 0 Å². The summed E-state index contributed by atoms with van der Waals surface area (Å²) in [6, 6.07) is 0. The van der Waals surface area contributed by atoms with Crippen LogP contribution in [0.4, 0.5) is 26.3 Å². The highest BCUT2D eigenvalue weighted by atomic mass is 19.4. The third-order valence-corrected chi connectivity index (χ3v) is 3.55. The Labute approximate surface area is 89.0 Å². The molecule has 1 unspecified atom stereocenters. The van der Waals surface area contributed by atoms with Crippen molar-refractivity contribution in [3.05, 3.63) is 0 Å². The van der Waals surface area contributed by atoms with E-state index < -0.39 is 35.6 Å². The van der Waals surface area contributed by atoms with E-state index in [1.54, 1.807) is 0 Å². The maximum Gasteiger partial charge on any atom is 0.401 e. The third kappa shape index (κ3) is 1.89. The van der Waals surface area contributed by atoms with Gasteiger partial charge in [-0.15, -0.1) is 0 Å². The molecule has 1 fully saturated rings. The first-order valence-corrected chi connectivity index (χ1v) is 4.72. The van der Waals surface area contributed by atoms with Crippen LogP contribution in [0.5, 0.6) is 0 Å². The Morgan fingerprint density at radius 1 is 1.06 bits per heavy atom. The molecule has 0 heterocycles. The van der Waals surface area contributed by atoms with Gasteiger partial charge in [0.2, 0.25) is 0 Å². The number of hydrogen-bond donors (Lipinski definition) is 1. The van der Waals surface area contributed by atoms with Crippen molar-refractivity contribution in [2.75, 3.05) is 6.54 Å². The van der Waals surface area contributed by atoms with E-state index in [2.05, 4.69) is 0 Å². The first-order valence-electron chi connectivity index (χ1n) is 4.72.